The molecule has 0 amide bonds. The van der Waals surface area contributed by atoms with Crippen molar-refractivity contribution in [2.45, 2.75) is 44.6 Å². The third kappa shape index (κ3) is 5.45. The molecule has 0 unspecified atom stereocenters. The van der Waals surface area contributed by atoms with Crippen LogP contribution in [0.4, 0.5) is 0 Å². The van der Waals surface area contributed by atoms with Crippen LogP contribution in [0.1, 0.15) is 39.2 Å². The van der Waals surface area contributed by atoms with E-state index in [2.05, 4.69) is 80.7 Å². The second-order valence-corrected chi connectivity index (χ2v) is 8.03. The molecule has 1 aliphatic heterocycles. The summed E-state index contributed by atoms with van der Waals surface area (Å²) in [6.07, 6.45) is 2.09. The summed E-state index contributed by atoms with van der Waals surface area (Å²) in [6.45, 7) is 10.7. The van der Waals surface area contributed by atoms with E-state index in [1.54, 1.807) is 0 Å². The molecule has 1 saturated heterocycles. The van der Waals surface area contributed by atoms with Crippen LogP contribution >= 0.6 is 0 Å². The van der Waals surface area contributed by atoms with E-state index in [4.69, 9.17) is 9.73 Å². The van der Waals surface area contributed by atoms with Crippen LogP contribution in [-0.4, -0.2) is 63.3 Å². The van der Waals surface area contributed by atoms with Gasteiger partial charge >= 0.3 is 0 Å². The molecule has 1 aromatic carbocycles. The summed E-state index contributed by atoms with van der Waals surface area (Å²) in [6, 6.07) is 10.6. The first kappa shape index (κ1) is 20.7. The van der Waals surface area contributed by atoms with Crippen LogP contribution in [0.15, 0.2) is 35.3 Å². The zero-order valence-corrected chi connectivity index (χ0v) is 17.1. The van der Waals surface area contributed by atoms with Crippen molar-refractivity contribution in [2.75, 3.05) is 46.9 Å². The van der Waals surface area contributed by atoms with Gasteiger partial charge in [0.25, 0.3) is 0 Å². The lowest BCUT2D eigenvalue weighted by molar-refractivity contribution is -0.00501. The molecule has 0 atom stereocenters. The number of likely N-dealkylation sites (N-methyl/N-ethyl adjacent to an activating group) is 1. The van der Waals surface area contributed by atoms with Gasteiger partial charge in [0.2, 0.25) is 0 Å². The number of benzene rings is 1. The number of aliphatic imine (C=N–C) groups is 1. The molecule has 1 aliphatic rings. The summed E-state index contributed by atoms with van der Waals surface area (Å²) in [7, 11) is 4.32. The van der Waals surface area contributed by atoms with Crippen LogP contribution in [0.2, 0.25) is 0 Å². The number of nitrogens with zero attached hydrogens (tertiary/aromatic N) is 2. The van der Waals surface area contributed by atoms with Crippen LogP contribution in [-0.2, 0) is 10.2 Å². The molecular weight excluding hydrogens is 324 g/mol. The molecule has 0 aliphatic carbocycles. The lowest BCUT2D eigenvalue weighted by Gasteiger charge is -2.43. The zero-order chi connectivity index (χ0) is 19.0. The molecular formula is C21H36N4O. The van der Waals surface area contributed by atoms with Crippen LogP contribution < -0.4 is 10.6 Å². The van der Waals surface area contributed by atoms with Gasteiger partial charge in [-0.1, -0.05) is 44.2 Å². The molecule has 146 valence electrons. The number of hydrogen-bond acceptors (Lipinski definition) is 3. The van der Waals surface area contributed by atoms with Crippen LogP contribution in [0.25, 0.3) is 0 Å². The minimum atomic E-state index is 0.00151. The van der Waals surface area contributed by atoms with Gasteiger partial charge in [-0.3, -0.25) is 4.99 Å². The fraction of sp³-hybridized carbons (Fsp3) is 0.667. The average molecular weight is 361 g/mol. The first-order valence-corrected chi connectivity index (χ1v) is 9.72. The summed E-state index contributed by atoms with van der Waals surface area (Å²) in [5.41, 5.74) is 1.44. The fourth-order valence-corrected chi connectivity index (χ4v) is 3.38. The molecule has 2 N–H and O–H groups in total. The van der Waals surface area contributed by atoms with E-state index < -0.39 is 0 Å². The van der Waals surface area contributed by atoms with Crippen molar-refractivity contribution in [3.63, 3.8) is 0 Å². The lowest BCUT2D eigenvalue weighted by Crippen LogP contribution is -2.57. The molecule has 26 heavy (non-hydrogen) atoms. The smallest absolute Gasteiger partial charge is 0.191 e. The molecule has 1 heterocycles. The summed E-state index contributed by atoms with van der Waals surface area (Å²) in [5, 5.41) is 6.97. The number of rotatable bonds is 7. The molecule has 5 heteroatoms. The monoisotopic (exact) mass is 360 g/mol. The Bertz CT molecular complexity index is 563. The molecule has 0 saturated carbocycles. The van der Waals surface area contributed by atoms with E-state index >= 15 is 0 Å². The van der Waals surface area contributed by atoms with Gasteiger partial charge in [0.1, 0.15) is 0 Å². The second-order valence-electron chi connectivity index (χ2n) is 8.03. The van der Waals surface area contributed by atoms with Crippen LogP contribution in [0.3, 0.4) is 0 Å². The van der Waals surface area contributed by atoms with Crippen molar-refractivity contribution >= 4 is 5.96 Å². The number of nitrogens with one attached hydrogen (secondary N) is 2. The zero-order valence-electron chi connectivity index (χ0n) is 17.1. The molecule has 1 aromatic rings. The van der Waals surface area contributed by atoms with Gasteiger partial charge in [-0.25, -0.2) is 0 Å². The molecule has 0 bridgehead atoms. The maximum Gasteiger partial charge on any atom is 0.191 e. The van der Waals surface area contributed by atoms with E-state index in [0.29, 0.717) is 0 Å². The maximum atomic E-state index is 5.57. The largest absolute Gasteiger partial charge is 0.381 e. The third-order valence-corrected chi connectivity index (χ3v) is 5.49. The summed E-state index contributed by atoms with van der Waals surface area (Å²) < 4.78 is 5.57. The minimum Gasteiger partial charge on any atom is -0.381 e. The number of guanidine groups is 1. The molecule has 0 radical (unpaired) electrons. The Labute approximate surface area is 159 Å². The van der Waals surface area contributed by atoms with Crippen molar-refractivity contribution < 1.29 is 4.74 Å². The highest BCUT2D eigenvalue weighted by Crippen LogP contribution is 2.25. The Balaban J connectivity index is 2.04. The summed E-state index contributed by atoms with van der Waals surface area (Å²) in [4.78, 5) is 7.21. The molecule has 0 aromatic heterocycles. The van der Waals surface area contributed by atoms with E-state index in [1.807, 2.05) is 0 Å². The van der Waals surface area contributed by atoms with Crippen molar-refractivity contribution in [2.24, 2.45) is 4.99 Å². The quantitative estimate of drug-likeness (QED) is 0.580. The third-order valence-electron chi connectivity index (χ3n) is 5.49. The summed E-state index contributed by atoms with van der Waals surface area (Å²) >= 11 is 0. The lowest BCUT2D eigenvalue weighted by atomic mass is 9.85. The van der Waals surface area contributed by atoms with E-state index in [0.717, 1.165) is 51.6 Å². The van der Waals surface area contributed by atoms with Gasteiger partial charge in [-0.15, -0.1) is 0 Å². The highest BCUT2D eigenvalue weighted by molar-refractivity contribution is 5.79. The van der Waals surface area contributed by atoms with Crippen LogP contribution in [0, 0.1) is 0 Å². The Hall–Kier alpha value is -1.59. The van der Waals surface area contributed by atoms with E-state index in [1.165, 1.54) is 5.56 Å². The molecule has 1 fully saturated rings. The van der Waals surface area contributed by atoms with Crippen molar-refractivity contribution in [3.8, 4) is 0 Å². The minimum absolute atomic E-state index is 0.00151. The Morgan fingerprint density at radius 3 is 2.38 bits per heavy atom. The average Bonchev–Trinajstić information content (AvgIpc) is 2.65. The van der Waals surface area contributed by atoms with E-state index in [9.17, 15) is 0 Å². The predicted octanol–water partition coefficient (Wildman–Crippen LogP) is 2.63. The standard InChI is InChI=1S/C21H36N4O/c1-6-22-19(23-16-20(2,3)18-10-8-7-9-11-18)24-17-21(25(4)5)12-14-26-15-13-21/h7-11H,6,12-17H2,1-5H3,(H2,22,23,24). The second kappa shape index (κ2) is 9.38. The SMILES string of the molecule is CCNC(=NCC(C)(C)c1ccccc1)NCC1(N(C)C)CCOCC1. The topological polar surface area (TPSA) is 48.9 Å². The van der Waals surface area contributed by atoms with Gasteiger partial charge in [0.15, 0.2) is 5.96 Å². The first-order valence-electron chi connectivity index (χ1n) is 9.72. The van der Waals surface area contributed by atoms with Gasteiger partial charge < -0.3 is 20.3 Å². The van der Waals surface area contributed by atoms with Gasteiger partial charge in [0, 0.05) is 37.3 Å². The normalized spacial score (nSPS) is 18.0. The fourth-order valence-electron chi connectivity index (χ4n) is 3.38. The van der Waals surface area contributed by atoms with Gasteiger partial charge in [-0.05, 0) is 39.4 Å². The molecule has 0 spiro atoms. The van der Waals surface area contributed by atoms with Crippen molar-refractivity contribution in [1.29, 1.82) is 0 Å². The number of ether oxygens (including phenoxy) is 1. The maximum absolute atomic E-state index is 5.57. The van der Waals surface area contributed by atoms with Gasteiger partial charge in [-0.2, -0.15) is 0 Å². The predicted molar refractivity (Wildman–Crippen MR) is 110 cm³/mol. The van der Waals surface area contributed by atoms with Crippen LogP contribution in [0.5, 0.6) is 0 Å². The highest BCUT2D eigenvalue weighted by atomic mass is 16.5. The van der Waals surface area contributed by atoms with Gasteiger partial charge in [0.05, 0.1) is 6.54 Å². The van der Waals surface area contributed by atoms with E-state index in [-0.39, 0.29) is 11.0 Å². The molecule has 2 rings (SSSR count). The van der Waals surface area contributed by atoms with Crippen molar-refractivity contribution in [3.05, 3.63) is 35.9 Å². The highest BCUT2D eigenvalue weighted by Gasteiger charge is 2.34. The Morgan fingerprint density at radius 1 is 1.15 bits per heavy atom. The first-order chi connectivity index (χ1) is 12.4. The number of hydrogen-bond donors (Lipinski definition) is 2. The Morgan fingerprint density at radius 2 is 1.81 bits per heavy atom. The molecule has 5 nitrogen and oxygen atoms in total. The Kier molecular flexibility index (Phi) is 7.47. The van der Waals surface area contributed by atoms with Crippen molar-refractivity contribution in [1.82, 2.24) is 15.5 Å². The summed E-state index contributed by atoms with van der Waals surface area (Å²) in [5.74, 6) is 0.893.